The largest absolute Gasteiger partial charge is 0.493 e. The second kappa shape index (κ2) is 11.1. The molecule has 1 aliphatic carbocycles. The number of nitro benzene ring substituents is 1. The van der Waals surface area contributed by atoms with Crippen LogP contribution in [-0.4, -0.2) is 16.6 Å². The number of thiazole rings is 1. The molecule has 0 unspecified atom stereocenters. The molecular weight excluding hydrogens is 583 g/mol. The van der Waals surface area contributed by atoms with Crippen LogP contribution in [0.15, 0.2) is 99.6 Å². The fraction of sp³-hybridized carbons (Fsp3) is 0.152. The number of benzene rings is 3. The van der Waals surface area contributed by atoms with Crippen molar-refractivity contribution in [3.8, 4) is 11.5 Å². The lowest BCUT2D eigenvalue weighted by molar-refractivity contribution is -0.385. The summed E-state index contributed by atoms with van der Waals surface area (Å²) in [6, 6.07) is 24.5. The van der Waals surface area contributed by atoms with E-state index in [0.717, 1.165) is 40.1 Å². The van der Waals surface area contributed by atoms with Crippen LogP contribution < -0.4 is 24.4 Å². The quantitative estimate of drug-likeness (QED) is 0.170. The van der Waals surface area contributed by atoms with Gasteiger partial charge in [-0.3, -0.25) is 19.5 Å². The lowest BCUT2D eigenvalue weighted by Crippen LogP contribution is -2.38. The first kappa shape index (κ1) is 27.1. The van der Waals surface area contributed by atoms with Crippen molar-refractivity contribution in [2.75, 3.05) is 7.11 Å². The fourth-order valence-electron chi connectivity index (χ4n) is 5.71. The van der Waals surface area contributed by atoms with Crippen molar-refractivity contribution in [3.05, 3.63) is 147 Å². The predicted octanol–water partition coefficient (Wildman–Crippen LogP) is 5.88. The number of fused-ring (bicyclic) bond motifs is 3. The third kappa shape index (κ3) is 4.88. The third-order valence-corrected chi connectivity index (χ3v) is 9.63. The van der Waals surface area contributed by atoms with E-state index in [0.29, 0.717) is 15.1 Å². The van der Waals surface area contributed by atoms with E-state index in [1.807, 2.05) is 60.0 Å². The van der Waals surface area contributed by atoms with Gasteiger partial charge in [-0.25, -0.2) is 4.99 Å². The van der Waals surface area contributed by atoms with Crippen molar-refractivity contribution in [3.63, 3.8) is 0 Å². The van der Waals surface area contributed by atoms with Crippen molar-refractivity contribution in [1.29, 1.82) is 0 Å². The maximum Gasteiger partial charge on any atom is 0.280 e. The molecule has 8 nitrogen and oxygen atoms in total. The molecule has 0 N–H and O–H groups in total. The molecule has 0 saturated carbocycles. The summed E-state index contributed by atoms with van der Waals surface area (Å²) in [5.41, 5.74) is 5.13. The van der Waals surface area contributed by atoms with E-state index in [1.165, 1.54) is 30.1 Å². The van der Waals surface area contributed by atoms with Crippen molar-refractivity contribution < 1.29 is 14.4 Å². The lowest BCUT2D eigenvalue weighted by atomic mass is 9.85. The molecule has 0 bridgehead atoms. The molecule has 10 heteroatoms. The molecule has 1 aliphatic heterocycles. The summed E-state index contributed by atoms with van der Waals surface area (Å²) in [4.78, 5) is 32.4. The highest BCUT2D eigenvalue weighted by atomic mass is 32.1. The summed E-state index contributed by atoms with van der Waals surface area (Å²) in [7, 11) is 1.48. The van der Waals surface area contributed by atoms with Gasteiger partial charge in [0.1, 0.15) is 6.61 Å². The highest BCUT2D eigenvalue weighted by Gasteiger charge is 2.33. The van der Waals surface area contributed by atoms with Gasteiger partial charge < -0.3 is 9.47 Å². The Bertz CT molecular complexity index is 2080. The van der Waals surface area contributed by atoms with Crippen LogP contribution >= 0.6 is 22.7 Å². The normalized spacial score (nSPS) is 15.7. The summed E-state index contributed by atoms with van der Waals surface area (Å²) in [5.74, 6) is 0.588. The Morgan fingerprint density at radius 1 is 1.05 bits per heavy atom. The average molecular weight is 608 g/mol. The zero-order chi connectivity index (χ0) is 29.5. The fourth-order valence-corrected chi connectivity index (χ4v) is 7.55. The minimum absolute atomic E-state index is 0.183. The molecule has 7 rings (SSSR count). The van der Waals surface area contributed by atoms with Gasteiger partial charge in [0.05, 0.1) is 39.9 Å². The Labute approximate surface area is 254 Å². The zero-order valence-electron chi connectivity index (χ0n) is 23.1. The molecule has 0 fully saturated rings. The van der Waals surface area contributed by atoms with Gasteiger partial charge in [0, 0.05) is 10.4 Å². The molecular formula is C33H25N3O5S2. The molecule has 0 amide bonds. The number of thiophene rings is 1. The molecule has 2 aromatic heterocycles. The number of nitrogens with zero attached hydrogens (tertiary/aromatic N) is 3. The molecule has 0 saturated heterocycles. The van der Waals surface area contributed by atoms with E-state index in [2.05, 4.69) is 12.1 Å². The van der Waals surface area contributed by atoms with E-state index in [1.54, 1.807) is 28.0 Å². The van der Waals surface area contributed by atoms with Crippen LogP contribution in [0.2, 0.25) is 0 Å². The average Bonchev–Trinajstić information content (AvgIpc) is 3.67. The topological polar surface area (TPSA) is 96.0 Å². The minimum atomic E-state index is -0.470. The van der Waals surface area contributed by atoms with Crippen molar-refractivity contribution in [1.82, 2.24) is 4.57 Å². The molecule has 0 radical (unpaired) electrons. The maximum absolute atomic E-state index is 14.0. The first-order valence-corrected chi connectivity index (χ1v) is 15.4. The number of methoxy groups -OCH3 is 1. The number of hydrogen-bond acceptors (Lipinski definition) is 8. The first-order chi connectivity index (χ1) is 21.0. The molecule has 43 heavy (non-hydrogen) atoms. The third-order valence-electron chi connectivity index (χ3n) is 7.72. The number of rotatable bonds is 7. The monoisotopic (exact) mass is 607 g/mol. The second-order valence-electron chi connectivity index (χ2n) is 10.2. The molecule has 5 aromatic rings. The van der Waals surface area contributed by atoms with Crippen LogP contribution in [-0.2, 0) is 13.0 Å². The summed E-state index contributed by atoms with van der Waals surface area (Å²) < 4.78 is 13.6. The van der Waals surface area contributed by atoms with Crippen molar-refractivity contribution in [2.45, 2.75) is 25.5 Å². The van der Waals surface area contributed by atoms with Gasteiger partial charge in [-0.2, -0.15) is 0 Å². The Morgan fingerprint density at radius 3 is 2.63 bits per heavy atom. The van der Waals surface area contributed by atoms with Crippen molar-refractivity contribution >= 4 is 40.1 Å². The summed E-state index contributed by atoms with van der Waals surface area (Å²) in [6.07, 6.45) is 3.24. The highest BCUT2D eigenvalue weighted by molar-refractivity contribution is 7.10. The number of nitro groups is 1. The molecule has 0 spiro atoms. The van der Waals surface area contributed by atoms with E-state index >= 15 is 0 Å². The predicted molar refractivity (Wildman–Crippen MR) is 167 cm³/mol. The van der Waals surface area contributed by atoms with Gasteiger partial charge in [0.25, 0.3) is 11.2 Å². The first-order valence-electron chi connectivity index (χ1n) is 13.7. The van der Waals surface area contributed by atoms with Gasteiger partial charge in [0.15, 0.2) is 16.3 Å². The minimum Gasteiger partial charge on any atom is -0.493 e. The van der Waals surface area contributed by atoms with Crippen LogP contribution in [0.25, 0.3) is 11.8 Å². The lowest BCUT2D eigenvalue weighted by Gasteiger charge is -2.30. The number of ether oxygens (including phenoxy) is 2. The van der Waals surface area contributed by atoms with E-state index in [4.69, 9.17) is 14.5 Å². The van der Waals surface area contributed by atoms with Gasteiger partial charge in [-0.15, -0.1) is 11.3 Å². The molecule has 1 atom stereocenters. The SMILES string of the molecule is COc1cc(/C=c2/sc3n(c2=O)[C@@H](c2cccs2)C2=C(N=3)c3ccccc3CC2)c([N+](=O)[O-])cc1OCc1ccccc1. The summed E-state index contributed by atoms with van der Waals surface area (Å²) >= 11 is 2.84. The molecule has 214 valence electrons. The smallest absolute Gasteiger partial charge is 0.280 e. The van der Waals surface area contributed by atoms with Crippen LogP contribution in [0.1, 0.15) is 39.6 Å². The van der Waals surface area contributed by atoms with Crippen LogP contribution in [0, 0.1) is 10.1 Å². The zero-order valence-corrected chi connectivity index (χ0v) is 24.7. The van der Waals surface area contributed by atoms with Gasteiger partial charge >= 0.3 is 0 Å². The summed E-state index contributed by atoms with van der Waals surface area (Å²) in [5, 5.41) is 14.2. The standard InChI is InChI=1S/C33H25N3O5S2/c1-40-26-16-22(25(36(38)39)18-27(26)41-19-20-8-3-2-4-9-20)17-29-32(37)35-31(28-12-7-15-42-28)24-14-13-21-10-5-6-11-23(21)30(24)34-33(35)43-29/h2-12,15-18,31H,13-14,19H2,1H3/b29-17+/t31-/m1/s1. The van der Waals surface area contributed by atoms with Crippen LogP contribution in [0.4, 0.5) is 5.69 Å². The highest BCUT2D eigenvalue weighted by Crippen LogP contribution is 2.42. The number of aryl methyl sites for hydroxylation is 1. The van der Waals surface area contributed by atoms with Gasteiger partial charge in [0.2, 0.25) is 0 Å². The molecule has 3 aromatic carbocycles. The van der Waals surface area contributed by atoms with Gasteiger partial charge in [-0.1, -0.05) is 72.0 Å². The number of hydrogen-bond donors (Lipinski definition) is 0. The van der Waals surface area contributed by atoms with Crippen LogP contribution in [0.5, 0.6) is 11.5 Å². The Kier molecular flexibility index (Phi) is 7.00. The molecule has 2 aliphatic rings. The van der Waals surface area contributed by atoms with E-state index in [-0.39, 0.29) is 35.2 Å². The second-order valence-corrected chi connectivity index (χ2v) is 12.2. The summed E-state index contributed by atoms with van der Waals surface area (Å²) in [6.45, 7) is 0.225. The van der Waals surface area contributed by atoms with Crippen molar-refractivity contribution in [2.24, 2.45) is 4.99 Å². The maximum atomic E-state index is 14.0. The van der Waals surface area contributed by atoms with E-state index < -0.39 is 4.92 Å². The number of aromatic nitrogens is 1. The molecule has 3 heterocycles. The Balaban J connectivity index is 1.37. The van der Waals surface area contributed by atoms with Gasteiger partial charge in [-0.05, 0) is 53.1 Å². The number of allylic oxidation sites excluding steroid dienone is 1. The Hall–Kier alpha value is -4.80. The van der Waals surface area contributed by atoms with Crippen LogP contribution in [0.3, 0.4) is 0 Å². The van der Waals surface area contributed by atoms with E-state index in [9.17, 15) is 14.9 Å². The Morgan fingerprint density at radius 2 is 1.86 bits per heavy atom.